The van der Waals surface area contributed by atoms with E-state index < -0.39 is 6.16 Å². The second kappa shape index (κ2) is 8.69. The molecular formula is C13H16BrNO3. The number of benzene rings is 1. The average Bonchev–Trinajstić information content (AvgIpc) is 2.42. The quantitative estimate of drug-likeness (QED) is 0.351. The molecule has 0 aliphatic heterocycles. The van der Waals surface area contributed by atoms with E-state index >= 15 is 0 Å². The van der Waals surface area contributed by atoms with Gasteiger partial charge in [0.2, 0.25) is 0 Å². The van der Waals surface area contributed by atoms with Gasteiger partial charge in [0.05, 0.1) is 7.11 Å². The maximum atomic E-state index is 10.8. The van der Waals surface area contributed by atoms with Crippen LogP contribution in [0.2, 0.25) is 0 Å². The Bertz CT molecular complexity index is 390. The first-order valence-electron chi connectivity index (χ1n) is 5.61. The van der Waals surface area contributed by atoms with E-state index in [1.807, 2.05) is 30.5 Å². The number of rotatable bonds is 6. The molecule has 4 nitrogen and oxygen atoms in total. The van der Waals surface area contributed by atoms with E-state index in [4.69, 9.17) is 4.74 Å². The van der Waals surface area contributed by atoms with Crippen LogP contribution >= 0.6 is 15.9 Å². The lowest BCUT2D eigenvalue weighted by atomic mass is 10.1. The van der Waals surface area contributed by atoms with E-state index in [-0.39, 0.29) is 6.61 Å². The van der Waals surface area contributed by atoms with Crippen LogP contribution in [0, 0.1) is 0 Å². The van der Waals surface area contributed by atoms with Crippen LogP contribution in [0.5, 0.6) is 0 Å². The Hall–Kier alpha value is -1.36. The molecule has 1 aromatic carbocycles. The molecule has 1 aromatic rings. The van der Waals surface area contributed by atoms with E-state index in [0.29, 0.717) is 0 Å². The second-order valence-electron chi connectivity index (χ2n) is 3.56. The van der Waals surface area contributed by atoms with Crippen molar-refractivity contribution in [2.24, 2.45) is 4.99 Å². The summed E-state index contributed by atoms with van der Waals surface area (Å²) in [6.07, 6.45) is 2.20. The molecule has 1 rings (SSSR count). The fraction of sp³-hybridized carbons (Fsp3) is 0.385. The fourth-order valence-electron chi connectivity index (χ4n) is 1.22. The van der Waals surface area contributed by atoms with Crippen LogP contribution in [0.4, 0.5) is 4.79 Å². The molecule has 0 fully saturated rings. The summed E-state index contributed by atoms with van der Waals surface area (Å²) < 4.78 is 9.22. The Balaban J connectivity index is 2.42. The molecule has 0 N–H and O–H groups in total. The topological polar surface area (TPSA) is 47.9 Å². The Morgan fingerprint density at radius 3 is 2.72 bits per heavy atom. The van der Waals surface area contributed by atoms with Gasteiger partial charge < -0.3 is 9.47 Å². The summed E-state index contributed by atoms with van der Waals surface area (Å²) in [5.74, 6) is 0. The summed E-state index contributed by atoms with van der Waals surface area (Å²) in [5, 5.41) is 0.966. The molecule has 0 atom stereocenters. The highest BCUT2D eigenvalue weighted by Crippen LogP contribution is 2.05. The van der Waals surface area contributed by atoms with Crippen molar-refractivity contribution in [3.8, 4) is 0 Å². The molecule has 0 heterocycles. The lowest BCUT2D eigenvalue weighted by Gasteiger charge is -2.03. The van der Waals surface area contributed by atoms with Gasteiger partial charge in [-0.1, -0.05) is 40.2 Å². The second-order valence-corrected chi connectivity index (χ2v) is 4.36. The minimum Gasteiger partial charge on any atom is -0.438 e. The molecule has 0 aliphatic carbocycles. The zero-order valence-electron chi connectivity index (χ0n) is 10.3. The van der Waals surface area contributed by atoms with Crippen molar-refractivity contribution in [1.82, 2.24) is 0 Å². The van der Waals surface area contributed by atoms with Gasteiger partial charge in [-0.25, -0.2) is 4.79 Å². The van der Waals surface area contributed by atoms with Crippen LogP contribution in [0.15, 0.2) is 29.3 Å². The highest BCUT2D eigenvalue weighted by atomic mass is 79.9. The van der Waals surface area contributed by atoms with Crippen molar-refractivity contribution in [3.05, 3.63) is 35.4 Å². The highest BCUT2D eigenvalue weighted by molar-refractivity contribution is 9.09. The largest absolute Gasteiger partial charge is 0.508 e. The van der Waals surface area contributed by atoms with Crippen molar-refractivity contribution in [3.63, 3.8) is 0 Å². The van der Waals surface area contributed by atoms with Crippen molar-refractivity contribution in [2.45, 2.75) is 13.0 Å². The number of alkyl halides is 1. The van der Waals surface area contributed by atoms with Crippen LogP contribution in [-0.2, 0) is 16.1 Å². The van der Waals surface area contributed by atoms with E-state index in [1.54, 1.807) is 0 Å². The number of aliphatic imine (C=N–C) groups is 1. The number of methoxy groups -OCH3 is 1. The van der Waals surface area contributed by atoms with Crippen molar-refractivity contribution in [2.75, 3.05) is 19.0 Å². The molecule has 98 valence electrons. The Morgan fingerprint density at radius 2 is 2.11 bits per heavy atom. The van der Waals surface area contributed by atoms with E-state index in [0.717, 1.165) is 29.4 Å². The zero-order valence-corrected chi connectivity index (χ0v) is 11.9. The van der Waals surface area contributed by atoms with Crippen LogP contribution in [0.25, 0.3) is 0 Å². The minimum atomic E-state index is -0.671. The molecule has 5 heteroatoms. The van der Waals surface area contributed by atoms with E-state index in [9.17, 15) is 4.79 Å². The standard InChI is InChI=1S/C13H16BrNO3/c1-17-13(16)18-10-12-5-3-11(4-6-12)9-15-8-2-7-14/h3-6,9H,2,7-8,10H2,1H3. The summed E-state index contributed by atoms with van der Waals surface area (Å²) in [4.78, 5) is 15.1. The first-order chi connectivity index (χ1) is 8.76. The van der Waals surface area contributed by atoms with Crippen LogP contribution in [0.3, 0.4) is 0 Å². The predicted molar refractivity (Wildman–Crippen MR) is 74.5 cm³/mol. The molecule has 0 radical (unpaired) electrons. The molecule has 0 aromatic heterocycles. The zero-order chi connectivity index (χ0) is 13.2. The number of hydrogen-bond donors (Lipinski definition) is 0. The Labute approximate surface area is 115 Å². The van der Waals surface area contributed by atoms with Gasteiger partial charge >= 0.3 is 6.16 Å². The molecule has 0 bridgehead atoms. The summed E-state index contributed by atoms with van der Waals surface area (Å²) in [7, 11) is 1.29. The van der Waals surface area contributed by atoms with Crippen LogP contribution in [-0.4, -0.2) is 31.4 Å². The fourth-order valence-corrected chi connectivity index (χ4v) is 1.47. The number of ether oxygens (including phenoxy) is 2. The van der Waals surface area contributed by atoms with Gasteiger partial charge in [0.25, 0.3) is 0 Å². The van der Waals surface area contributed by atoms with Crippen molar-refractivity contribution < 1.29 is 14.3 Å². The van der Waals surface area contributed by atoms with Crippen molar-refractivity contribution >= 4 is 28.3 Å². The third-order valence-electron chi connectivity index (χ3n) is 2.16. The van der Waals surface area contributed by atoms with Gasteiger partial charge in [-0.3, -0.25) is 4.99 Å². The molecule has 0 saturated heterocycles. The van der Waals surface area contributed by atoms with Gasteiger partial charge in [-0.2, -0.15) is 0 Å². The lowest BCUT2D eigenvalue weighted by Crippen LogP contribution is -2.03. The number of carbonyl (C=O) groups is 1. The number of halogens is 1. The summed E-state index contributed by atoms with van der Waals surface area (Å²) in [6.45, 7) is 1.03. The van der Waals surface area contributed by atoms with Gasteiger partial charge in [-0.05, 0) is 17.5 Å². The smallest absolute Gasteiger partial charge is 0.438 e. The third kappa shape index (κ3) is 5.82. The Kier molecular flexibility index (Phi) is 7.10. The monoisotopic (exact) mass is 313 g/mol. The number of hydrogen-bond acceptors (Lipinski definition) is 4. The highest BCUT2D eigenvalue weighted by Gasteiger charge is 2.00. The SMILES string of the molecule is COC(=O)OCc1ccc(C=NCCCBr)cc1. The summed E-state index contributed by atoms with van der Waals surface area (Å²) in [6, 6.07) is 7.67. The molecular weight excluding hydrogens is 298 g/mol. The molecule has 0 spiro atoms. The normalized spacial score (nSPS) is 10.6. The number of carbonyl (C=O) groups excluding carboxylic acids is 1. The maximum absolute atomic E-state index is 10.8. The van der Waals surface area contributed by atoms with Gasteiger partial charge in [0.1, 0.15) is 6.61 Å². The predicted octanol–water partition coefficient (Wildman–Crippen LogP) is 3.17. The van der Waals surface area contributed by atoms with Gasteiger partial charge in [0, 0.05) is 18.1 Å². The number of nitrogens with zero attached hydrogens (tertiary/aromatic N) is 1. The maximum Gasteiger partial charge on any atom is 0.508 e. The van der Waals surface area contributed by atoms with Gasteiger partial charge in [0.15, 0.2) is 0 Å². The first kappa shape index (κ1) is 14.7. The van der Waals surface area contributed by atoms with Crippen molar-refractivity contribution in [1.29, 1.82) is 0 Å². The average molecular weight is 314 g/mol. The summed E-state index contributed by atoms with van der Waals surface area (Å²) in [5.41, 5.74) is 1.95. The summed E-state index contributed by atoms with van der Waals surface area (Å²) >= 11 is 3.35. The van der Waals surface area contributed by atoms with Crippen LogP contribution in [0.1, 0.15) is 17.5 Å². The lowest BCUT2D eigenvalue weighted by molar-refractivity contribution is 0.0669. The first-order valence-corrected chi connectivity index (χ1v) is 6.74. The molecule has 0 saturated carbocycles. The Morgan fingerprint density at radius 1 is 1.39 bits per heavy atom. The molecule has 0 amide bonds. The van der Waals surface area contributed by atoms with E-state index in [1.165, 1.54) is 7.11 Å². The van der Waals surface area contributed by atoms with Crippen LogP contribution < -0.4 is 0 Å². The van der Waals surface area contributed by atoms with Gasteiger partial charge in [-0.15, -0.1) is 0 Å². The third-order valence-corrected chi connectivity index (χ3v) is 2.73. The molecule has 0 unspecified atom stereocenters. The minimum absolute atomic E-state index is 0.216. The molecule has 0 aliphatic rings. The van der Waals surface area contributed by atoms with E-state index in [2.05, 4.69) is 25.7 Å². The molecule has 18 heavy (non-hydrogen) atoms.